The zero-order valence-corrected chi connectivity index (χ0v) is 7.37. The molecule has 1 unspecified atom stereocenters. The van der Waals surface area contributed by atoms with E-state index in [0.29, 0.717) is 5.92 Å². The molecule has 0 radical (unpaired) electrons. The van der Waals surface area contributed by atoms with Gasteiger partial charge in [-0.15, -0.1) is 5.48 Å². The summed E-state index contributed by atoms with van der Waals surface area (Å²) < 4.78 is 0. The second kappa shape index (κ2) is 2.79. The number of hydrogen-bond acceptors (Lipinski definition) is 2. The molecule has 0 spiro atoms. The van der Waals surface area contributed by atoms with Gasteiger partial charge >= 0.3 is 0 Å². The van der Waals surface area contributed by atoms with Gasteiger partial charge in [0.15, 0.2) is 0 Å². The summed E-state index contributed by atoms with van der Waals surface area (Å²) in [5.41, 5.74) is 4.25. The molecule has 1 atom stereocenters. The van der Waals surface area contributed by atoms with Crippen LogP contribution < -0.4 is 5.48 Å². The SMILES string of the molecule is CC(C)C1=C2C=CC=CC2NO1. The van der Waals surface area contributed by atoms with Gasteiger partial charge in [-0.2, -0.15) is 0 Å². The first kappa shape index (κ1) is 7.62. The second-order valence-electron chi connectivity index (χ2n) is 3.42. The summed E-state index contributed by atoms with van der Waals surface area (Å²) in [5, 5.41) is 0. The van der Waals surface area contributed by atoms with Crippen LogP contribution in [0.1, 0.15) is 13.8 Å². The molecule has 0 bridgehead atoms. The minimum atomic E-state index is 0.271. The third kappa shape index (κ3) is 1.08. The van der Waals surface area contributed by atoms with E-state index in [0.717, 1.165) is 5.76 Å². The molecule has 0 fully saturated rings. The minimum absolute atomic E-state index is 0.271. The molecule has 2 rings (SSSR count). The molecule has 2 heteroatoms. The van der Waals surface area contributed by atoms with Gasteiger partial charge in [0.25, 0.3) is 0 Å². The van der Waals surface area contributed by atoms with Crippen molar-refractivity contribution in [2.75, 3.05) is 0 Å². The van der Waals surface area contributed by atoms with Gasteiger partial charge in [-0.25, -0.2) is 0 Å². The number of nitrogens with one attached hydrogen (secondary N) is 1. The topological polar surface area (TPSA) is 21.3 Å². The first-order valence-corrected chi connectivity index (χ1v) is 4.30. The lowest BCUT2D eigenvalue weighted by Gasteiger charge is -2.07. The molecule has 2 nitrogen and oxygen atoms in total. The summed E-state index contributed by atoms with van der Waals surface area (Å²) in [7, 11) is 0. The number of hydrogen-bond donors (Lipinski definition) is 1. The molecule has 0 aromatic heterocycles. The monoisotopic (exact) mass is 163 g/mol. The molecule has 12 heavy (non-hydrogen) atoms. The van der Waals surface area contributed by atoms with Crippen LogP contribution in [-0.4, -0.2) is 6.04 Å². The zero-order valence-electron chi connectivity index (χ0n) is 7.37. The third-order valence-electron chi connectivity index (χ3n) is 2.13. The third-order valence-corrected chi connectivity index (χ3v) is 2.13. The smallest absolute Gasteiger partial charge is 0.132 e. The maximum Gasteiger partial charge on any atom is 0.132 e. The average Bonchev–Trinajstić information content (AvgIpc) is 2.47. The second-order valence-corrected chi connectivity index (χ2v) is 3.42. The van der Waals surface area contributed by atoms with Gasteiger partial charge in [-0.05, 0) is 0 Å². The summed E-state index contributed by atoms with van der Waals surface area (Å²) >= 11 is 0. The lowest BCUT2D eigenvalue weighted by Crippen LogP contribution is -2.21. The summed E-state index contributed by atoms with van der Waals surface area (Å²) in [4.78, 5) is 5.39. The Hall–Kier alpha value is -1.02. The molecule has 2 aliphatic rings. The van der Waals surface area contributed by atoms with Crippen LogP contribution in [0.25, 0.3) is 0 Å². The number of rotatable bonds is 1. The fourth-order valence-corrected chi connectivity index (χ4v) is 1.52. The van der Waals surface area contributed by atoms with Crippen LogP contribution in [0, 0.1) is 5.92 Å². The van der Waals surface area contributed by atoms with Crippen LogP contribution in [-0.2, 0) is 4.84 Å². The van der Waals surface area contributed by atoms with Crippen molar-refractivity contribution >= 4 is 0 Å². The highest BCUT2D eigenvalue weighted by molar-refractivity contribution is 5.40. The van der Waals surface area contributed by atoms with Crippen molar-refractivity contribution in [1.29, 1.82) is 0 Å². The highest BCUT2D eigenvalue weighted by Crippen LogP contribution is 2.27. The highest BCUT2D eigenvalue weighted by Gasteiger charge is 2.25. The molecule has 0 amide bonds. The van der Waals surface area contributed by atoms with E-state index in [1.54, 1.807) is 0 Å². The highest BCUT2D eigenvalue weighted by atomic mass is 16.7. The van der Waals surface area contributed by atoms with Crippen molar-refractivity contribution in [2.24, 2.45) is 5.92 Å². The van der Waals surface area contributed by atoms with E-state index < -0.39 is 0 Å². The van der Waals surface area contributed by atoms with Crippen molar-refractivity contribution in [2.45, 2.75) is 19.9 Å². The van der Waals surface area contributed by atoms with Gasteiger partial charge in [0.1, 0.15) is 5.76 Å². The zero-order chi connectivity index (χ0) is 8.55. The first-order valence-electron chi connectivity index (χ1n) is 4.30. The van der Waals surface area contributed by atoms with E-state index in [1.807, 2.05) is 12.2 Å². The van der Waals surface area contributed by atoms with Gasteiger partial charge in [-0.1, -0.05) is 38.2 Å². The Bertz CT molecular complexity index is 274. The Morgan fingerprint density at radius 1 is 1.42 bits per heavy atom. The standard InChI is InChI=1S/C10H13NO/c1-7(2)10-8-5-3-4-6-9(8)11-12-10/h3-7,9,11H,1-2H3. The molecule has 0 aromatic rings. The fourth-order valence-electron chi connectivity index (χ4n) is 1.52. The maximum atomic E-state index is 5.39. The molecule has 64 valence electrons. The molecule has 0 aromatic carbocycles. The maximum absolute atomic E-state index is 5.39. The largest absolute Gasteiger partial charge is 0.412 e. The van der Waals surface area contributed by atoms with Crippen molar-refractivity contribution in [1.82, 2.24) is 5.48 Å². The lowest BCUT2D eigenvalue weighted by molar-refractivity contribution is 0.108. The van der Waals surface area contributed by atoms with Gasteiger partial charge in [0.2, 0.25) is 0 Å². The molecular weight excluding hydrogens is 150 g/mol. The Morgan fingerprint density at radius 2 is 2.25 bits per heavy atom. The van der Waals surface area contributed by atoms with Gasteiger partial charge in [-0.3, -0.25) is 0 Å². The molecular formula is C10H13NO. The quantitative estimate of drug-likeness (QED) is 0.637. The predicted octanol–water partition coefficient (Wildman–Crippen LogP) is 1.93. The molecule has 0 saturated heterocycles. The Balaban J connectivity index is 2.34. The number of hydroxylamine groups is 1. The van der Waals surface area contributed by atoms with Crippen LogP contribution in [0.2, 0.25) is 0 Å². The van der Waals surface area contributed by atoms with Crippen LogP contribution in [0.15, 0.2) is 35.6 Å². The van der Waals surface area contributed by atoms with Crippen molar-refractivity contribution in [3.63, 3.8) is 0 Å². The molecule has 1 aliphatic carbocycles. The number of allylic oxidation sites excluding steroid dienone is 3. The summed E-state index contributed by atoms with van der Waals surface area (Å²) in [6, 6.07) is 0.271. The first-order chi connectivity index (χ1) is 5.79. The van der Waals surface area contributed by atoms with E-state index >= 15 is 0 Å². The van der Waals surface area contributed by atoms with Crippen LogP contribution in [0.4, 0.5) is 0 Å². The van der Waals surface area contributed by atoms with E-state index in [1.165, 1.54) is 5.57 Å². The Labute approximate surface area is 72.6 Å². The summed E-state index contributed by atoms with van der Waals surface area (Å²) in [6.45, 7) is 4.27. The predicted molar refractivity (Wildman–Crippen MR) is 48.2 cm³/mol. The van der Waals surface area contributed by atoms with Gasteiger partial charge < -0.3 is 4.84 Å². The lowest BCUT2D eigenvalue weighted by atomic mass is 9.98. The minimum Gasteiger partial charge on any atom is -0.412 e. The van der Waals surface area contributed by atoms with Crippen molar-refractivity contribution in [3.05, 3.63) is 35.6 Å². The van der Waals surface area contributed by atoms with Crippen LogP contribution in [0.5, 0.6) is 0 Å². The Morgan fingerprint density at radius 3 is 3.00 bits per heavy atom. The van der Waals surface area contributed by atoms with E-state index in [2.05, 4.69) is 31.5 Å². The van der Waals surface area contributed by atoms with Crippen LogP contribution >= 0.6 is 0 Å². The molecule has 0 saturated carbocycles. The van der Waals surface area contributed by atoms with E-state index in [9.17, 15) is 0 Å². The van der Waals surface area contributed by atoms with E-state index in [4.69, 9.17) is 4.84 Å². The fraction of sp³-hybridized carbons (Fsp3) is 0.400. The number of fused-ring (bicyclic) bond motifs is 1. The van der Waals surface area contributed by atoms with Crippen molar-refractivity contribution < 1.29 is 4.84 Å². The normalized spacial score (nSPS) is 26.4. The van der Waals surface area contributed by atoms with Crippen molar-refractivity contribution in [3.8, 4) is 0 Å². The van der Waals surface area contributed by atoms with Gasteiger partial charge in [0, 0.05) is 11.5 Å². The summed E-state index contributed by atoms with van der Waals surface area (Å²) in [6.07, 6.45) is 8.29. The Kier molecular flexibility index (Phi) is 1.77. The molecule has 1 heterocycles. The summed E-state index contributed by atoms with van der Waals surface area (Å²) in [5.74, 6) is 1.52. The van der Waals surface area contributed by atoms with E-state index in [-0.39, 0.29) is 6.04 Å². The van der Waals surface area contributed by atoms with Gasteiger partial charge in [0.05, 0.1) is 6.04 Å². The van der Waals surface area contributed by atoms with Crippen LogP contribution in [0.3, 0.4) is 0 Å². The average molecular weight is 163 g/mol. The molecule has 1 N–H and O–H groups in total. The molecule has 1 aliphatic heterocycles.